The number of nitrogens with two attached hydrogens (primary N) is 1. The molecule has 0 bridgehead atoms. The second-order valence-electron chi connectivity index (χ2n) is 4.70. The molecule has 1 rings (SSSR count). The Hall–Kier alpha value is -1.62. The van der Waals surface area contributed by atoms with Gasteiger partial charge in [0.05, 0.1) is 13.2 Å². The van der Waals surface area contributed by atoms with Crippen LogP contribution in [0.1, 0.15) is 38.3 Å². The zero-order chi connectivity index (χ0) is 14.4. The first-order valence-corrected chi connectivity index (χ1v) is 6.32. The van der Waals surface area contributed by atoms with Crippen molar-refractivity contribution >= 4 is 5.91 Å². The molecule has 0 saturated carbocycles. The monoisotopic (exact) mass is 268 g/mol. The molecule has 106 valence electrons. The summed E-state index contributed by atoms with van der Waals surface area (Å²) in [6, 6.07) is 4.41. The van der Waals surface area contributed by atoms with Crippen LogP contribution in [0, 0.1) is 5.82 Å². The van der Waals surface area contributed by atoms with Crippen LogP contribution in [-0.2, 0) is 4.79 Å². The van der Waals surface area contributed by atoms with Gasteiger partial charge in [0.15, 0.2) is 11.6 Å². The van der Waals surface area contributed by atoms with Crippen LogP contribution >= 0.6 is 0 Å². The topological polar surface area (TPSA) is 64.3 Å². The molecule has 0 aromatic heterocycles. The first kappa shape index (κ1) is 15.4. The van der Waals surface area contributed by atoms with Crippen molar-refractivity contribution < 1.29 is 13.9 Å². The van der Waals surface area contributed by atoms with E-state index in [-0.39, 0.29) is 23.7 Å². The number of hydrogen-bond donors (Lipinski definition) is 2. The summed E-state index contributed by atoms with van der Waals surface area (Å²) < 4.78 is 18.4. The Kier molecular flexibility index (Phi) is 5.76. The summed E-state index contributed by atoms with van der Waals surface area (Å²) in [5.41, 5.74) is 6.29. The highest BCUT2D eigenvalue weighted by molar-refractivity contribution is 5.76. The Morgan fingerprint density at radius 3 is 2.68 bits per heavy atom. The van der Waals surface area contributed by atoms with Gasteiger partial charge in [0.2, 0.25) is 5.91 Å². The Bertz CT molecular complexity index is 435. The van der Waals surface area contributed by atoms with Gasteiger partial charge in [0, 0.05) is 12.5 Å². The van der Waals surface area contributed by atoms with Crippen molar-refractivity contribution in [3.05, 3.63) is 29.6 Å². The van der Waals surface area contributed by atoms with Crippen molar-refractivity contribution in [2.45, 2.75) is 38.8 Å². The van der Waals surface area contributed by atoms with E-state index in [0.29, 0.717) is 18.4 Å². The molecule has 0 radical (unpaired) electrons. The van der Waals surface area contributed by atoms with Crippen LogP contribution in [-0.4, -0.2) is 19.1 Å². The third-order valence-electron chi connectivity index (χ3n) is 2.88. The predicted octanol–water partition coefficient (Wildman–Crippen LogP) is 2.14. The molecule has 0 aliphatic heterocycles. The SMILES string of the molecule is COc1ccc(C(C)NC(=O)CCC(C)N)cc1F. The molecule has 1 aromatic carbocycles. The average Bonchev–Trinajstić information content (AvgIpc) is 2.36. The Labute approximate surface area is 113 Å². The van der Waals surface area contributed by atoms with Crippen LogP contribution < -0.4 is 15.8 Å². The summed E-state index contributed by atoms with van der Waals surface area (Å²) in [5.74, 6) is -0.322. The van der Waals surface area contributed by atoms with Crippen LogP contribution in [0.2, 0.25) is 0 Å². The normalized spacial score (nSPS) is 13.7. The average molecular weight is 268 g/mol. The number of nitrogens with one attached hydrogen (secondary N) is 1. The van der Waals surface area contributed by atoms with Crippen molar-refractivity contribution in [3.8, 4) is 5.75 Å². The summed E-state index contributed by atoms with van der Waals surface area (Å²) in [5, 5.41) is 2.81. The summed E-state index contributed by atoms with van der Waals surface area (Å²) in [6.07, 6.45) is 1.01. The summed E-state index contributed by atoms with van der Waals surface area (Å²) in [7, 11) is 1.41. The highest BCUT2D eigenvalue weighted by atomic mass is 19.1. The van der Waals surface area contributed by atoms with E-state index in [0.717, 1.165) is 0 Å². The molecule has 4 nitrogen and oxygen atoms in total. The molecule has 1 aromatic rings. The van der Waals surface area contributed by atoms with Crippen LogP contribution in [0.5, 0.6) is 5.75 Å². The number of amides is 1. The van der Waals surface area contributed by atoms with E-state index in [1.165, 1.54) is 13.2 Å². The summed E-state index contributed by atoms with van der Waals surface area (Å²) in [4.78, 5) is 11.7. The second kappa shape index (κ2) is 7.09. The van der Waals surface area contributed by atoms with Gasteiger partial charge in [0.25, 0.3) is 0 Å². The van der Waals surface area contributed by atoms with Gasteiger partial charge >= 0.3 is 0 Å². The second-order valence-corrected chi connectivity index (χ2v) is 4.70. The molecule has 2 unspecified atom stereocenters. The van der Waals surface area contributed by atoms with Gasteiger partial charge in [-0.25, -0.2) is 4.39 Å². The Morgan fingerprint density at radius 1 is 1.47 bits per heavy atom. The van der Waals surface area contributed by atoms with Crippen LogP contribution in [0.4, 0.5) is 4.39 Å². The molecule has 0 aliphatic carbocycles. The fourth-order valence-corrected chi connectivity index (χ4v) is 1.71. The highest BCUT2D eigenvalue weighted by Crippen LogP contribution is 2.21. The van der Waals surface area contributed by atoms with E-state index in [4.69, 9.17) is 10.5 Å². The van der Waals surface area contributed by atoms with Crippen LogP contribution in [0.15, 0.2) is 18.2 Å². The third-order valence-corrected chi connectivity index (χ3v) is 2.88. The number of carbonyl (C=O) groups is 1. The maximum Gasteiger partial charge on any atom is 0.220 e. The third kappa shape index (κ3) is 4.87. The zero-order valence-corrected chi connectivity index (χ0v) is 11.6. The number of ether oxygens (including phenoxy) is 1. The van der Waals surface area contributed by atoms with Crippen LogP contribution in [0.25, 0.3) is 0 Å². The highest BCUT2D eigenvalue weighted by Gasteiger charge is 2.12. The van der Waals surface area contributed by atoms with Crippen molar-refractivity contribution in [2.75, 3.05) is 7.11 Å². The molecule has 3 N–H and O–H groups in total. The molecule has 19 heavy (non-hydrogen) atoms. The largest absolute Gasteiger partial charge is 0.494 e. The fraction of sp³-hybridized carbons (Fsp3) is 0.500. The lowest BCUT2D eigenvalue weighted by Crippen LogP contribution is -2.28. The van der Waals surface area contributed by atoms with E-state index in [1.54, 1.807) is 12.1 Å². The number of benzene rings is 1. The minimum atomic E-state index is -0.434. The van der Waals surface area contributed by atoms with Crippen molar-refractivity contribution in [1.82, 2.24) is 5.32 Å². The van der Waals surface area contributed by atoms with Gasteiger partial charge in [-0.2, -0.15) is 0 Å². The molecule has 1 amide bonds. The molecule has 0 saturated heterocycles. The first-order valence-electron chi connectivity index (χ1n) is 6.32. The number of hydrogen-bond acceptors (Lipinski definition) is 3. The van der Waals surface area contributed by atoms with E-state index in [1.807, 2.05) is 13.8 Å². The molecule has 0 spiro atoms. The summed E-state index contributed by atoms with van der Waals surface area (Å²) in [6.45, 7) is 3.67. The standard InChI is InChI=1S/C14H21FN2O2/c1-9(16)4-7-14(18)17-10(2)11-5-6-13(19-3)12(15)8-11/h5-6,8-10H,4,7,16H2,1-3H3,(H,17,18). The molecule has 2 atom stereocenters. The van der Waals surface area contributed by atoms with Gasteiger partial charge in [0.1, 0.15) is 0 Å². The quantitative estimate of drug-likeness (QED) is 0.830. The maximum atomic E-state index is 13.5. The van der Waals surface area contributed by atoms with Gasteiger partial charge in [-0.1, -0.05) is 6.07 Å². The minimum absolute atomic E-state index is 0.000475. The van der Waals surface area contributed by atoms with Gasteiger partial charge in [-0.3, -0.25) is 4.79 Å². The van der Waals surface area contributed by atoms with Gasteiger partial charge < -0.3 is 15.8 Å². The van der Waals surface area contributed by atoms with E-state index >= 15 is 0 Å². The zero-order valence-electron chi connectivity index (χ0n) is 11.6. The lowest BCUT2D eigenvalue weighted by Gasteiger charge is -2.15. The van der Waals surface area contributed by atoms with E-state index in [9.17, 15) is 9.18 Å². The van der Waals surface area contributed by atoms with Crippen molar-refractivity contribution in [3.63, 3.8) is 0 Å². The lowest BCUT2D eigenvalue weighted by atomic mass is 10.1. The Balaban J connectivity index is 2.60. The van der Waals surface area contributed by atoms with Crippen molar-refractivity contribution in [1.29, 1.82) is 0 Å². The molecule has 0 aliphatic rings. The molecule has 5 heteroatoms. The molecular formula is C14H21FN2O2. The Morgan fingerprint density at radius 2 is 2.16 bits per heavy atom. The lowest BCUT2D eigenvalue weighted by molar-refractivity contribution is -0.121. The number of rotatable bonds is 6. The number of halogens is 1. The van der Waals surface area contributed by atoms with Crippen LogP contribution in [0.3, 0.4) is 0 Å². The number of methoxy groups -OCH3 is 1. The first-order chi connectivity index (χ1) is 8.93. The van der Waals surface area contributed by atoms with Gasteiger partial charge in [-0.05, 0) is 38.0 Å². The number of carbonyl (C=O) groups excluding carboxylic acids is 1. The smallest absolute Gasteiger partial charge is 0.220 e. The predicted molar refractivity (Wildman–Crippen MR) is 72.4 cm³/mol. The summed E-state index contributed by atoms with van der Waals surface area (Å²) >= 11 is 0. The van der Waals surface area contributed by atoms with Gasteiger partial charge in [-0.15, -0.1) is 0 Å². The van der Waals surface area contributed by atoms with Crippen molar-refractivity contribution in [2.24, 2.45) is 5.73 Å². The molecule has 0 heterocycles. The fourth-order valence-electron chi connectivity index (χ4n) is 1.71. The minimum Gasteiger partial charge on any atom is -0.494 e. The van der Waals surface area contributed by atoms with E-state index < -0.39 is 5.82 Å². The molecule has 0 fully saturated rings. The molecular weight excluding hydrogens is 247 g/mol. The van der Waals surface area contributed by atoms with E-state index in [2.05, 4.69) is 5.32 Å². The maximum absolute atomic E-state index is 13.5.